The number of rotatable bonds is 6. The lowest BCUT2D eigenvalue weighted by molar-refractivity contribution is -0.139. The summed E-state index contributed by atoms with van der Waals surface area (Å²) >= 11 is 1.46. The first-order valence-electron chi connectivity index (χ1n) is 10.4. The third kappa shape index (κ3) is 4.77. The normalized spacial score (nSPS) is 16.8. The fraction of sp³-hybridized carbons (Fsp3) is 0.455. The molecule has 1 N–H and O–H groups in total. The van der Waals surface area contributed by atoms with Crippen LogP contribution in [-0.4, -0.2) is 52.6 Å². The van der Waals surface area contributed by atoms with Gasteiger partial charge in [0.1, 0.15) is 6.10 Å². The van der Waals surface area contributed by atoms with Gasteiger partial charge in [0.2, 0.25) is 11.8 Å². The Balaban J connectivity index is 1.54. The van der Waals surface area contributed by atoms with Crippen LogP contribution in [0.25, 0.3) is 10.1 Å². The largest absolute Gasteiger partial charge is 0.370 e. The molecule has 1 aromatic carbocycles. The molecule has 8 nitrogen and oxygen atoms in total. The van der Waals surface area contributed by atoms with Gasteiger partial charge in [-0.25, -0.2) is 0 Å². The van der Waals surface area contributed by atoms with Crippen molar-refractivity contribution in [1.29, 1.82) is 0 Å². The lowest BCUT2D eigenvalue weighted by atomic mass is 10.0. The Morgan fingerprint density at radius 2 is 2.13 bits per heavy atom. The van der Waals surface area contributed by atoms with Gasteiger partial charge in [-0.2, -0.15) is 4.98 Å². The molecule has 1 unspecified atom stereocenters. The molecule has 2 amide bonds. The van der Waals surface area contributed by atoms with E-state index < -0.39 is 0 Å². The van der Waals surface area contributed by atoms with Gasteiger partial charge in [0, 0.05) is 35.7 Å². The van der Waals surface area contributed by atoms with Gasteiger partial charge in [-0.1, -0.05) is 23.4 Å². The fourth-order valence-corrected chi connectivity index (χ4v) is 4.90. The van der Waals surface area contributed by atoms with E-state index in [2.05, 4.69) is 15.5 Å². The summed E-state index contributed by atoms with van der Waals surface area (Å²) < 4.78 is 12.2. The quantitative estimate of drug-likeness (QED) is 0.629. The van der Waals surface area contributed by atoms with E-state index in [0.717, 1.165) is 15.6 Å². The second kappa shape index (κ2) is 9.15. The fourth-order valence-electron chi connectivity index (χ4n) is 3.75. The lowest BCUT2D eigenvalue weighted by Gasteiger charge is -2.33. The lowest BCUT2D eigenvalue weighted by Crippen LogP contribution is -2.42. The van der Waals surface area contributed by atoms with Crippen LogP contribution < -0.4 is 5.32 Å². The maximum atomic E-state index is 12.9. The minimum absolute atomic E-state index is 0.0110. The predicted octanol–water partition coefficient (Wildman–Crippen LogP) is 3.26. The number of aryl methyl sites for hydroxylation is 2. The number of fused-ring (bicyclic) bond motifs is 1. The van der Waals surface area contributed by atoms with Crippen molar-refractivity contribution in [3.8, 4) is 0 Å². The van der Waals surface area contributed by atoms with E-state index in [1.54, 1.807) is 11.8 Å². The number of carbonyl (C=O) groups is 2. The maximum Gasteiger partial charge on any atom is 0.261 e. The first kappa shape index (κ1) is 21.5. The highest BCUT2D eigenvalue weighted by atomic mass is 32.1. The van der Waals surface area contributed by atoms with Gasteiger partial charge in [-0.05, 0) is 32.2 Å². The number of morpholine rings is 1. The Morgan fingerprint density at radius 3 is 2.87 bits per heavy atom. The molecule has 0 radical (unpaired) electrons. The van der Waals surface area contributed by atoms with E-state index in [-0.39, 0.29) is 24.0 Å². The second-order valence-corrected chi connectivity index (χ2v) is 8.96. The molecule has 0 spiro atoms. The number of hydrogen-bond donors (Lipinski definition) is 1. The summed E-state index contributed by atoms with van der Waals surface area (Å²) in [5.41, 5.74) is 0.865. The zero-order chi connectivity index (χ0) is 22.0. The van der Waals surface area contributed by atoms with E-state index in [4.69, 9.17) is 9.26 Å². The molecule has 0 saturated carbocycles. The van der Waals surface area contributed by atoms with Crippen molar-refractivity contribution in [2.75, 3.05) is 19.7 Å². The molecule has 9 heteroatoms. The molecule has 164 valence electrons. The Hall–Kier alpha value is -2.78. The standard InChI is InChI=1S/C22H26N4O4S/c1-13(2)23-22(28)21-20(15-6-4-5-7-17(15)31-21)16-12-26(10-11-29-16)19(27)9-8-18-24-14(3)25-30-18/h4-7,13,16H,8-12H2,1-3H3,(H,23,28). The van der Waals surface area contributed by atoms with Crippen LogP contribution in [0.5, 0.6) is 0 Å². The van der Waals surface area contributed by atoms with Gasteiger partial charge in [0.25, 0.3) is 5.91 Å². The van der Waals surface area contributed by atoms with Crippen molar-refractivity contribution < 1.29 is 18.8 Å². The minimum atomic E-state index is -0.354. The topological polar surface area (TPSA) is 97.6 Å². The highest BCUT2D eigenvalue weighted by Crippen LogP contribution is 2.38. The van der Waals surface area contributed by atoms with Crippen LogP contribution in [-0.2, 0) is 16.0 Å². The van der Waals surface area contributed by atoms with Crippen molar-refractivity contribution in [3.63, 3.8) is 0 Å². The number of aromatic nitrogens is 2. The maximum absolute atomic E-state index is 12.9. The van der Waals surface area contributed by atoms with E-state index in [0.29, 0.717) is 49.1 Å². The van der Waals surface area contributed by atoms with E-state index >= 15 is 0 Å². The predicted molar refractivity (Wildman–Crippen MR) is 117 cm³/mol. The average Bonchev–Trinajstić information content (AvgIpc) is 3.35. The number of nitrogens with one attached hydrogen (secondary N) is 1. The molecule has 1 aliphatic heterocycles. The van der Waals surface area contributed by atoms with Gasteiger partial charge < -0.3 is 19.5 Å². The third-order valence-corrected chi connectivity index (χ3v) is 6.31. The van der Waals surface area contributed by atoms with Gasteiger partial charge in [-0.3, -0.25) is 9.59 Å². The van der Waals surface area contributed by atoms with E-state index in [9.17, 15) is 9.59 Å². The Labute approximate surface area is 184 Å². The van der Waals surface area contributed by atoms with Gasteiger partial charge in [0.15, 0.2) is 5.82 Å². The molecule has 1 saturated heterocycles. The smallest absolute Gasteiger partial charge is 0.261 e. The van der Waals surface area contributed by atoms with Gasteiger partial charge in [0.05, 0.1) is 18.0 Å². The Bertz CT molecular complexity index is 1090. The summed E-state index contributed by atoms with van der Waals surface area (Å²) in [5, 5.41) is 7.75. The van der Waals surface area contributed by atoms with Crippen molar-refractivity contribution in [3.05, 3.63) is 46.4 Å². The molecule has 0 bridgehead atoms. The van der Waals surface area contributed by atoms with Crippen molar-refractivity contribution in [2.45, 2.75) is 45.8 Å². The summed E-state index contributed by atoms with van der Waals surface area (Å²) in [6, 6.07) is 7.97. The van der Waals surface area contributed by atoms with Crippen molar-refractivity contribution >= 4 is 33.2 Å². The monoisotopic (exact) mass is 442 g/mol. The first-order chi connectivity index (χ1) is 14.9. The number of hydrogen-bond acceptors (Lipinski definition) is 7. The molecule has 1 atom stereocenters. The van der Waals surface area contributed by atoms with Crippen LogP contribution in [0, 0.1) is 6.92 Å². The summed E-state index contributed by atoms with van der Waals surface area (Å²) in [6.07, 6.45) is 0.345. The van der Waals surface area contributed by atoms with Crippen molar-refractivity contribution in [1.82, 2.24) is 20.4 Å². The molecule has 2 aromatic heterocycles. The second-order valence-electron chi connectivity index (χ2n) is 7.90. The molecule has 3 heterocycles. The van der Waals surface area contributed by atoms with Crippen LogP contribution in [0.1, 0.15) is 53.3 Å². The molecular formula is C22H26N4O4S. The summed E-state index contributed by atoms with van der Waals surface area (Å²) in [7, 11) is 0. The number of carbonyl (C=O) groups excluding carboxylic acids is 2. The van der Waals surface area contributed by atoms with Gasteiger partial charge >= 0.3 is 0 Å². The van der Waals surface area contributed by atoms with E-state index in [1.807, 2.05) is 38.1 Å². The molecule has 31 heavy (non-hydrogen) atoms. The minimum Gasteiger partial charge on any atom is -0.370 e. The molecule has 1 fully saturated rings. The van der Waals surface area contributed by atoms with Crippen LogP contribution in [0.4, 0.5) is 0 Å². The van der Waals surface area contributed by atoms with Crippen LogP contribution in [0.2, 0.25) is 0 Å². The summed E-state index contributed by atoms with van der Waals surface area (Å²) in [5.74, 6) is 0.930. The molecular weight excluding hydrogens is 416 g/mol. The third-order valence-electron chi connectivity index (χ3n) is 5.12. The van der Waals surface area contributed by atoms with Gasteiger partial charge in [-0.15, -0.1) is 11.3 Å². The SMILES string of the molecule is Cc1noc(CCC(=O)N2CCOC(c3c(C(=O)NC(C)C)sc4ccccc34)C2)n1. The number of nitrogens with zero attached hydrogens (tertiary/aromatic N) is 3. The highest BCUT2D eigenvalue weighted by molar-refractivity contribution is 7.21. The number of ether oxygens (including phenoxy) is 1. The highest BCUT2D eigenvalue weighted by Gasteiger charge is 2.31. The average molecular weight is 443 g/mol. The van der Waals surface area contributed by atoms with Crippen LogP contribution in [0.3, 0.4) is 0 Å². The molecule has 3 aromatic rings. The Kier molecular flexibility index (Phi) is 6.33. The Morgan fingerprint density at radius 1 is 1.32 bits per heavy atom. The summed E-state index contributed by atoms with van der Waals surface area (Å²) in [6.45, 7) is 6.98. The molecule has 4 rings (SSSR count). The number of benzene rings is 1. The number of amides is 2. The summed E-state index contributed by atoms with van der Waals surface area (Å²) in [4.78, 5) is 32.3. The molecule has 0 aliphatic carbocycles. The van der Waals surface area contributed by atoms with Crippen LogP contribution >= 0.6 is 11.3 Å². The first-order valence-corrected chi connectivity index (χ1v) is 11.2. The zero-order valence-corrected chi connectivity index (χ0v) is 18.7. The van der Waals surface area contributed by atoms with E-state index in [1.165, 1.54) is 11.3 Å². The molecule has 1 aliphatic rings. The van der Waals surface area contributed by atoms with Crippen molar-refractivity contribution in [2.24, 2.45) is 0 Å². The number of thiophene rings is 1. The zero-order valence-electron chi connectivity index (χ0n) is 17.9. The van der Waals surface area contributed by atoms with Crippen LogP contribution in [0.15, 0.2) is 28.8 Å².